The van der Waals surface area contributed by atoms with E-state index < -0.39 is 5.97 Å². The highest BCUT2D eigenvalue weighted by atomic mass is 32.2. The van der Waals surface area contributed by atoms with Crippen molar-refractivity contribution in [2.75, 3.05) is 5.75 Å². The molecular formula is C22H27NO2S. The van der Waals surface area contributed by atoms with Crippen LogP contribution in [0.2, 0.25) is 0 Å². The lowest BCUT2D eigenvalue weighted by Crippen LogP contribution is -2.06. The van der Waals surface area contributed by atoms with Crippen LogP contribution in [-0.4, -0.2) is 17.4 Å². The van der Waals surface area contributed by atoms with Gasteiger partial charge in [-0.1, -0.05) is 68.6 Å². The van der Waals surface area contributed by atoms with Gasteiger partial charge in [-0.05, 0) is 48.4 Å². The lowest BCUT2D eigenvalue weighted by Gasteiger charge is -2.08. The molecule has 0 saturated heterocycles. The van der Waals surface area contributed by atoms with E-state index in [0.717, 1.165) is 36.3 Å². The van der Waals surface area contributed by atoms with Gasteiger partial charge in [0.15, 0.2) is 0 Å². The van der Waals surface area contributed by atoms with E-state index in [1.807, 2.05) is 30.0 Å². The Bertz CT molecular complexity index is 696. The van der Waals surface area contributed by atoms with Crippen molar-refractivity contribution in [2.45, 2.75) is 50.8 Å². The third kappa shape index (κ3) is 6.68. The van der Waals surface area contributed by atoms with Gasteiger partial charge in [-0.15, -0.1) is 11.8 Å². The topological polar surface area (TPSA) is 38.7 Å². The Kier molecular flexibility index (Phi) is 8.98. The summed E-state index contributed by atoms with van der Waals surface area (Å²) >= 11 is 1.81. The molecule has 4 heteroatoms. The Morgan fingerprint density at radius 1 is 0.923 bits per heavy atom. The third-order valence-electron chi connectivity index (χ3n) is 4.01. The van der Waals surface area contributed by atoms with Crippen molar-refractivity contribution in [1.29, 1.82) is 0 Å². The molecule has 0 aliphatic heterocycles. The third-order valence-corrected chi connectivity index (χ3v) is 4.91. The second-order valence-electron chi connectivity index (χ2n) is 6.05. The molecule has 2 aromatic carbocycles. The molecule has 0 heterocycles. The first kappa shape index (κ1) is 20.2. The minimum atomic E-state index is -0.421. The lowest BCUT2D eigenvalue weighted by atomic mass is 10.0. The monoisotopic (exact) mass is 369 g/mol. The highest BCUT2D eigenvalue weighted by Gasteiger charge is 2.09. The first-order valence-corrected chi connectivity index (χ1v) is 10.3. The Morgan fingerprint density at radius 3 is 2.31 bits per heavy atom. The van der Waals surface area contributed by atoms with Crippen LogP contribution in [0.5, 0.6) is 0 Å². The number of oxime groups is 1. The van der Waals surface area contributed by atoms with Crippen LogP contribution in [0.4, 0.5) is 0 Å². The number of thioether (sulfide) groups is 1. The largest absolute Gasteiger partial charge is 0.365 e. The molecule has 0 spiro atoms. The molecular weight excluding hydrogens is 342 g/mol. The molecule has 0 aliphatic rings. The summed E-state index contributed by atoms with van der Waals surface area (Å²) in [6, 6.07) is 17.3. The summed E-state index contributed by atoms with van der Waals surface area (Å²) in [6.45, 7) is 4.34. The van der Waals surface area contributed by atoms with Crippen molar-refractivity contribution in [3.8, 4) is 0 Å². The standard InChI is InChI=1S/C22H27NO2S/c1-3-5-6-10-13-21(18-14-16-20(17-15-18)26-4-2)23-25-22(24)19-11-8-7-9-12-19/h7-9,11-12,14-17H,3-6,10,13H2,1-2H3/b23-21+. The first-order chi connectivity index (χ1) is 12.7. The first-order valence-electron chi connectivity index (χ1n) is 9.31. The zero-order valence-electron chi connectivity index (χ0n) is 15.6. The number of carbonyl (C=O) groups is 1. The number of rotatable bonds is 10. The van der Waals surface area contributed by atoms with Crippen LogP contribution in [0.3, 0.4) is 0 Å². The minimum Gasteiger partial charge on any atom is -0.313 e. The van der Waals surface area contributed by atoms with E-state index in [0.29, 0.717) is 5.56 Å². The highest BCUT2D eigenvalue weighted by molar-refractivity contribution is 7.99. The van der Waals surface area contributed by atoms with E-state index in [1.54, 1.807) is 12.1 Å². The average Bonchev–Trinajstić information content (AvgIpc) is 2.69. The summed E-state index contributed by atoms with van der Waals surface area (Å²) < 4.78 is 0. The molecule has 0 aliphatic carbocycles. The van der Waals surface area contributed by atoms with Crippen molar-refractivity contribution in [3.63, 3.8) is 0 Å². The predicted molar refractivity (Wildman–Crippen MR) is 110 cm³/mol. The average molecular weight is 370 g/mol. The molecule has 0 fully saturated rings. The van der Waals surface area contributed by atoms with Gasteiger partial charge in [0.05, 0.1) is 11.3 Å². The van der Waals surface area contributed by atoms with E-state index in [4.69, 9.17) is 4.84 Å². The van der Waals surface area contributed by atoms with Crippen molar-refractivity contribution in [3.05, 3.63) is 65.7 Å². The summed E-state index contributed by atoms with van der Waals surface area (Å²) in [5.74, 6) is 0.626. The van der Waals surface area contributed by atoms with Crippen molar-refractivity contribution in [2.24, 2.45) is 5.16 Å². The number of hydrogen-bond acceptors (Lipinski definition) is 4. The van der Waals surface area contributed by atoms with Crippen LogP contribution >= 0.6 is 11.8 Å². The molecule has 0 atom stereocenters. The van der Waals surface area contributed by atoms with Crippen LogP contribution in [-0.2, 0) is 4.84 Å². The highest BCUT2D eigenvalue weighted by Crippen LogP contribution is 2.19. The molecule has 0 bridgehead atoms. The minimum absolute atomic E-state index is 0.421. The van der Waals surface area contributed by atoms with E-state index in [1.165, 1.54) is 17.7 Å². The summed E-state index contributed by atoms with van der Waals surface area (Å²) in [4.78, 5) is 18.6. The molecule has 0 radical (unpaired) electrons. The SMILES string of the molecule is CCCCCC/C(=N\OC(=O)c1ccccc1)c1ccc(SCC)cc1. The van der Waals surface area contributed by atoms with Gasteiger partial charge in [0.1, 0.15) is 0 Å². The molecule has 26 heavy (non-hydrogen) atoms. The maximum atomic E-state index is 12.2. The van der Waals surface area contributed by atoms with Crippen LogP contribution in [0, 0.1) is 0 Å². The quantitative estimate of drug-likeness (QED) is 0.161. The molecule has 0 aromatic heterocycles. The second-order valence-corrected chi connectivity index (χ2v) is 7.39. The number of hydrogen-bond donors (Lipinski definition) is 0. The molecule has 0 unspecified atom stereocenters. The van der Waals surface area contributed by atoms with Crippen molar-refractivity contribution in [1.82, 2.24) is 0 Å². The predicted octanol–water partition coefficient (Wildman–Crippen LogP) is 6.33. The fourth-order valence-electron chi connectivity index (χ4n) is 2.60. The van der Waals surface area contributed by atoms with Crippen LogP contribution < -0.4 is 0 Å². The maximum absolute atomic E-state index is 12.2. The molecule has 2 aromatic rings. The van der Waals surface area contributed by atoms with Gasteiger partial charge in [0.2, 0.25) is 0 Å². The maximum Gasteiger partial charge on any atom is 0.365 e. The van der Waals surface area contributed by atoms with Gasteiger partial charge in [-0.3, -0.25) is 0 Å². The summed E-state index contributed by atoms with van der Waals surface area (Å²) in [6.07, 6.45) is 5.41. The van der Waals surface area contributed by atoms with Gasteiger partial charge < -0.3 is 4.84 Å². The van der Waals surface area contributed by atoms with Gasteiger partial charge in [-0.25, -0.2) is 4.79 Å². The van der Waals surface area contributed by atoms with Crippen LogP contribution in [0.15, 0.2) is 64.6 Å². The number of unbranched alkanes of at least 4 members (excludes halogenated alkanes) is 3. The molecule has 0 saturated carbocycles. The lowest BCUT2D eigenvalue weighted by molar-refractivity contribution is 0.0515. The Hall–Kier alpha value is -2.07. The zero-order chi connectivity index (χ0) is 18.6. The summed E-state index contributed by atoms with van der Waals surface area (Å²) in [7, 11) is 0. The fourth-order valence-corrected chi connectivity index (χ4v) is 3.26. The molecule has 0 N–H and O–H groups in total. The van der Waals surface area contributed by atoms with Gasteiger partial charge >= 0.3 is 5.97 Å². The van der Waals surface area contributed by atoms with Crippen molar-refractivity contribution >= 4 is 23.4 Å². The van der Waals surface area contributed by atoms with E-state index in [-0.39, 0.29) is 0 Å². The smallest absolute Gasteiger partial charge is 0.313 e. The number of nitrogens with zero attached hydrogens (tertiary/aromatic N) is 1. The van der Waals surface area contributed by atoms with E-state index in [9.17, 15) is 4.79 Å². The Balaban J connectivity index is 2.10. The molecule has 138 valence electrons. The van der Waals surface area contributed by atoms with E-state index >= 15 is 0 Å². The van der Waals surface area contributed by atoms with Gasteiger partial charge in [0.25, 0.3) is 0 Å². The van der Waals surface area contributed by atoms with Gasteiger partial charge in [-0.2, -0.15) is 0 Å². The number of carbonyl (C=O) groups excluding carboxylic acids is 1. The fraction of sp³-hybridized carbons (Fsp3) is 0.364. The summed E-state index contributed by atoms with van der Waals surface area (Å²) in [5, 5.41) is 4.20. The normalized spacial score (nSPS) is 11.4. The number of benzene rings is 2. The second kappa shape index (κ2) is 11.5. The Morgan fingerprint density at radius 2 is 1.65 bits per heavy atom. The van der Waals surface area contributed by atoms with Crippen molar-refractivity contribution < 1.29 is 9.63 Å². The molecule has 3 nitrogen and oxygen atoms in total. The van der Waals surface area contributed by atoms with E-state index in [2.05, 4.69) is 43.3 Å². The van der Waals surface area contributed by atoms with Crippen LogP contribution in [0.25, 0.3) is 0 Å². The summed E-state index contributed by atoms with van der Waals surface area (Å²) in [5.41, 5.74) is 2.36. The molecule has 0 amide bonds. The Labute approximate surface area is 160 Å². The zero-order valence-corrected chi connectivity index (χ0v) is 16.4. The molecule has 2 rings (SSSR count). The van der Waals surface area contributed by atoms with Gasteiger partial charge in [0, 0.05) is 4.90 Å². The van der Waals surface area contributed by atoms with Crippen LogP contribution in [0.1, 0.15) is 61.9 Å².